The topological polar surface area (TPSA) is 62.8 Å². The van der Waals surface area contributed by atoms with Crippen LogP contribution in [0.3, 0.4) is 0 Å². The Morgan fingerprint density at radius 3 is 2.58 bits per heavy atom. The molecular formula is C26H24N4O2S. The van der Waals surface area contributed by atoms with Crippen molar-refractivity contribution in [3.63, 3.8) is 0 Å². The van der Waals surface area contributed by atoms with Crippen LogP contribution in [-0.2, 0) is 19.5 Å². The molecule has 0 atom stereocenters. The maximum Gasteiger partial charge on any atom is 0.318 e. The molecule has 0 radical (unpaired) electrons. The lowest BCUT2D eigenvalue weighted by molar-refractivity contribution is 0.190. The number of rotatable bonds is 8. The Labute approximate surface area is 196 Å². The molecule has 166 valence electrons. The van der Waals surface area contributed by atoms with Gasteiger partial charge in [0.05, 0.1) is 18.5 Å². The number of nitrogens with zero attached hydrogens (tertiary/aromatic N) is 3. The molecule has 0 aliphatic rings. The van der Waals surface area contributed by atoms with E-state index in [9.17, 15) is 4.79 Å². The van der Waals surface area contributed by atoms with Gasteiger partial charge in [0.25, 0.3) is 0 Å². The van der Waals surface area contributed by atoms with E-state index < -0.39 is 0 Å². The van der Waals surface area contributed by atoms with Crippen molar-refractivity contribution in [3.05, 3.63) is 108 Å². The van der Waals surface area contributed by atoms with E-state index in [2.05, 4.69) is 33.4 Å². The number of hydrogen-bond donors (Lipinski definition) is 1. The quantitative estimate of drug-likeness (QED) is 0.330. The highest BCUT2D eigenvalue weighted by Crippen LogP contribution is 2.24. The van der Waals surface area contributed by atoms with Gasteiger partial charge >= 0.3 is 6.03 Å². The molecular weight excluding hydrogens is 432 g/mol. The van der Waals surface area contributed by atoms with Crippen molar-refractivity contribution in [1.82, 2.24) is 19.6 Å². The fourth-order valence-corrected chi connectivity index (χ4v) is 4.64. The molecule has 33 heavy (non-hydrogen) atoms. The van der Waals surface area contributed by atoms with E-state index in [4.69, 9.17) is 9.40 Å². The van der Waals surface area contributed by atoms with Gasteiger partial charge in [0.2, 0.25) is 0 Å². The summed E-state index contributed by atoms with van der Waals surface area (Å²) < 4.78 is 7.63. The van der Waals surface area contributed by atoms with E-state index in [0.717, 1.165) is 33.2 Å². The van der Waals surface area contributed by atoms with Gasteiger partial charge < -0.3 is 14.6 Å². The van der Waals surface area contributed by atoms with Gasteiger partial charge in [-0.3, -0.25) is 4.40 Å². The Bertz CT molecular complexity index is 1310. The first-order chi connectivity index (χ1) is 16.3. The second-order valence-corrected chi connectivity index (χ2v) is 8.60. The molecule has 0 unspecified atom stereocenters. The Morgan fingerprint density at radius 1 is 1.03 bits per heavy atom. The van der Waals surface area contributed by atoms with Gasteiger partial charge in [-0.05, 0) is 17.7 Å². The van der Waals surface area contributed by atoms with Crippen molar-refractivity contribution in [3.8, 4) is 11.3 Å². The van der Waals surface area contributed by atoms with Crippen LogP contribution in [0.25, 0.3) is 16.2 Å². The van der Waals surface area contributed by atoms with Crippen LogP contribution in [-0.4, -0.2) is 26.9 Å². The normalized spacial score (nSPS) is 11.0. The molecule has 3 heterocycles. The number of amides is 2. The van der Waals surface area contributed by atoms with E-state index in [1.54, 1.807) is 22.5 Å². The van der Waals surface area contributed by atoms with E-state index in [1.165, 1.54) is 0 Å². The first kappa shape index (κ1) is 21.0. The largest absolute Gasteiger partial charge is 0.467 e. The van der Waals surface area contributed by atoms with Gasteiger partial charge in [-0.1, -0.05) is 60.7 Å². The van der Waals surface area contributed by atoms with Crippen LogP contribution >= 0.6 is 11.3 Å². The zero-order valence-electron chi connectivity index (χ0n) is 18.1. The monoisotopic (exact) mass is 456 g/mol. The standard InChI is InChI=1S/C26H24N4O2S/c31-25(27-16-20-8-3-1-4-9-20)29(17-23-12-7-15-32-23)14-13-22-19-33-26-28-24(18-30(22)26)21-10-5-2-6-11-21/h1-12,15,18-19H,13-14,16-17H2,(H,27,31). The lowest BCUT2D eigenvalue weighted by Gasteiger charge is -2.22. The molecule has 0 spiro atoms. The van der Waals surface area contributed by atoms with Gasteiger partial charge in [-0.2, -0.15) is 0 Å². The number of imidazole rings is 1. The smallest absolute Gasteiger partial charge is 0.318 e. The van der Waals surface area contributed by atoms with Crippen molar-refractivity contribution in [2.24, 2.45) is 0 Å². The van der Waals surface area contributed by atoms with E-state index in [1.807, 2.05) is 60.7 Å². The summed E-state index contributed by atoms with van der Waals surface area (Å²) >= 11 is 1.62. The van der Waals surface area contributed by atoms with E-state index in [0.29, 0.717) is 26.1 Å². The summed E-state index contributed by atoms with van der Waals surface area (Å²) in [6, 6.07) is 23.7. The van der Waals surface area contributed by atoms with Crippen molar-refractivity contribution in [2.75, 3.05) is 6.54 Å². The van der Waals surface area contributed by atoms with E-state index in [-0.39, 0.29) is 6.03 Å². The van der Waals surface area contributed by atoms with Crippen LogP contribution in [0, 0.1) is 0 Å². The predicted molar refractivity (Wildman–Crippen MR) is 130 cm³/mol. The van der Waals surface area contributed by atoms with Crippen LogP contribution in [0.4, 0.5) is 4.79 Å². The van der Waals surface area contributed by atoms with Crippen molar-refractivity contribution in [2.45, 2.75) is 19.5 Å². The summed E-state index contributed by atoms with van der Waals surface area (Å²) in [6.07, 6.45) is 4.42. The van der Waals surface area contributed by atoms with Crippen LogP contribution in [0.2, 0.25) is 0 Å². The number of carbonyl (C=O) groups is 1. The molecule has 0 saturated carbocycles. The number of thiazole rings is 1. The first-order valence-corrected chi connectivity index (χ1v) is 11.7. The second kappa shape index (κ2) is 9.75. The highest BCUT2D eigenvalue weighted by atomic mass is 32.1. The van der Waals surface area contributed by atoms with Gasteiger partial charge in [-0.25, -0.2) is 9.78 Å². The number of benzene rings is 2. The zero-order valence-corrected chi connectivity index (χ0v) is 18.9. The summed E-state index contributed by atoms with van der Waals surface area (Å²) in [6.45, 7) is 1.46. The summed E-state index contributed by atoms with van der Waals surface area (Å²) in [5, 5.41) is 5.15. The number of carbonyl (C=O) groups excluding carboxylic acids is 1. The SMILES string of the molecule is O=C(NCc1ccccc1)N(CCc1csc2nc(-c3ccccc3)cn12)Cc1ccco1. The summed E-state index contributed by atoms with van der Waals surface area (Å²) in [7, 11) is 0. The van der Waals surface area contributed by atoms with Crippen LogP contribution in [0.15, 0.2) is 95.1 Å². The van der Waals surface area contributed by atoms with Crippen LogP contribution in [0.1, 0.15) is 17.0 Å². The fraction of sp³-hybridized carbons (Fsp3) is 0.154. The Kier molecular flexibility index (Phi) is 6.21. The van der Waals surface area contributed by atoms with Gasteiger partial charge in [0.1, 0.15) is 5.76 Å². The lowest BCUT2D eigenvalue weighted by atomic mass is 10.2. The number of furan rings is 1. The van der Waals surface area contributed by atoms with Gasteiger partial charge in [0, 0.05) is 42.3 Å². The molecule has 5 rings (SSSR count). The maximum atomic E-state index is 13.0. The van der Waals surface area contributed by atoms with Crippen molar-refractivity contribution >= 4 is 22.3 Å². The Hall–Kier alpha value is -3.84. The minimum atomic E-state index is -0.114. The zero-order chi connectivity index (χ0) is 22.5. The third kappa shape index (κ3) is 4.99. The highest BCUT2D eigenvalue weighted by molar-refractivity contribution is 7.15. The third-order valence-corrected chi connectivity index (χ3v) is 6.38. The molecule has 0 saturated heterocycles. The Balaban J connectivity index is 1.30. The minimum absolute atomic E-state index is 0.114. The van der Waals surface area contributed by atoms with Crippen molar-refractivity contribution < 1.29 is 9.21 Å². The highest BCUT2D eigenvalue weighted by Gasteiger charge is 2.17. The molecule has 3 aromatic heterocycles. The average Bonchev–Trinajstić information content (AvgIpc) is 3.60. The number of fused-ring (bicyclic) bond motifs is 1. The average molecular weight is 457 g/mol. The van der Waals surface area contributed by atoms with Crippen LogP contribution < -0.4 is 5.32 Å². The third-order valence-electron chi connectivity index (χ3n) is 5.49. The molecule has 0 aliphatic carbocycles. The number of aromatic nitrogens is 2. The van der Waals surface area contributed by atoms with Gasteiger partial charge in [-0.15, -0.1) is 11.3 Å². The number of hydrogen-bond acceptors (Lipinski definition) is 4. The molecule has 7 heteroatoms. The van der Waals surface area contributed by atoms with Crippen molar-refractivity contribution in [1.29, 1.82) is 0 Å². The first-order valence-electron chi connectivity index (χ1n) is 10.9. The predicted octanol–water partition coefficient (Wildman–Crippen LogP) is 5.61. The second-order valence-electron chi connectivity index (χ2n) is 7.77. The molecule has 0 aliphatic heterocycles. The van der Waals surface area contributed by atoms with E-state index >= 15 is 0 Å². The number of urea groups is 1. The molecule has 2 aromatic carbocycles. The molecule has 0 bridgehead atoms. The van der Waals surface area contributed by atoms with Crippen LogP contribution in [0.5, 0.6) is 0 Å². The van der Waals surface area contributed by atoms with Gasteiger partial charge in [0.15, 0.2) is 4.96 Å². The maximum absolute atomic E-state index is 13.0. The lowest BCUT2D eigenvalue weighted by Crippen LogP contribution is -2.40. The minimum Gasteiger partial charge on any atom is -0.467 e. The fourth-order valence-electron chi connectivity index (χ4n) is 3.73. The summed E-state index contributed by atoms with van der Waals surface area (Å²) in [5.74, 6) is 0.759. The molecule has 5 aromatic rings. The summed E-state index contributed by atoms with van der Waals surface area (Å²) in [4.78, 5) is 20.5. The summed E-state index contributed by atoms with van der Waals surface area (Å²) in [5.41, 5.74) is 4.25. The molecule has 1 N–H and O–H groups in total. The number of nitrogens with one attached hydrogen (secondary N) is 1. The molecule has 0 fully saturated rings. The molecule has 2 amide bonds. The molecule has 6 nitrogen and oxygen atoms in total. The Morgan fingerprint density at radius 2 is 1.82 bits per heavy atom.